The second-order valence-corrected chi connectivity index (χ2v) is 10.9. The summed E-state index contributed by atoms with van der Waals surface area (Å²) in [6.07, 6.45) is 18.8. The van der Waals surface area contributed by atoms with Gasteiger partial charge in [0.25, 0.3) is 0 Å². The van der Waals surface area contributed by atoms with Crippen LogP contribution in [-0.2, 0) is 19.6 Å². The lowest BCUT2D eigenvalue weighted by Gasteiger charge is -2.15. The summed E-state index contributed by atoms with van der Waals surface area (Å²) in [5, 5.41) is 3.30. The van der Waals surface area contributed by atoms with E-state index < -0.39 is 0 Å². The molecule has 2 aliphatic carbocycles. The number of anilines is 1. The van der Waals surface area contributed by atoms with Crippen LogP contribution in [0.25, 0.3) is 23.0 Å². The minimum atomic E-state index is 0.609. The molecule has 1 N–H and O–H groups in total. The highest BCUT2D eigenvalue weighted by Crippen LogP contribution is 2.42. The molecule has 5 heterocycles. The fourth-order valence-corrected chi connectivity index (χ4v) is 5.50. The smallest absolute Gasteiger partial charge is 0.165 e. The Balaban J connectivity index is 0.000000145. The summed E-state index contributed by atoms with van der Waals surface area (Å²) < 4.78 is 4.21. The number of nitrogens with one attached hydrogen (secondary N) is 1. The van der Waals surface area contributed by atoms with Gasteiger partial charge in [0.15, 0.2) is 23.2 Å². The molecular formula is C30H38N10. The molecule has 1 aromatic heterocycles. The molecule has 0 saturated heterocycles. The quantitative estimate of drug-likeness (QED) is 0.246. The van der Waals surface area contributed by atoms with E-state index in [1.165, 1.54) is 44.2 Å². The maximum absolute atomic E-state index is 4.87. The van der Waals surface area contributed by atoms with Gasteiger partial charge in [-0.1, -0.05) is 26.7 Å². The third kappa shape index (κ3) is 5.66. The van der Waals surface area contributed by atoms with Crippen LogP contribution < -0.4 is 5.32 Å². The molecule has 2 fully saturated rings. The number of hydrogen-bond acceptors (Lipinski definition) is 8. The highest BCUT2D eigenvalue weighted by molar-refractivity contribution is 5.66. The summed E-state index contributed by atoms with van der Waals surface area (Å²) in [7, 11) is 0. The average Bonchev–Trinajstić information content (AvgIpc) is 3.36. The summed E-state index contributed by atoms with van der Waals surface area (Å²) in [4.78, 5) is 31.5. The Morgan fingerprint density at radius 3 is 2.23 bits per heavy atom. The largest absolute Gasteiger partial charge is 0.364 e. The normalized spacial score (nSPS) is 15.4. The molecular weight excluding hydrogens is 500 g/mol. The Hall–Kier alpha value is -3.95. The summed E-state index contributed by atoms with van der Waals surface area (Å²) in [5.74, 6) is 5.01. The number of aryl methyl sites for hydroxylation is 2. The van der Waals surface area contributed by atoms with Crippen molar-refractivity contribution in [3.05, 3.63) is 60.6 Å². The first-order chi connectivity index (χ1) is 19.7. The minimum Gasteiger partial charge on any atom is -0.364 e. The fraction of sp³-hybridized carbons (Fsp3) is 0.500. The highest BCUT2D eigenvalue weighted by Gasteiger charge is 2.32. The average molecular weight is 539 g/mol. The molecule has 10 heteroatoms. The van der Waals surface area contributed by atoms with Crippen LogP contribution in [0.15, 0.2) is 43.5 Å². The molecule has 10 nitrogen and oxygen atoms in total. The van der Waals surface area contributed by atoms with Crippen LogP contribution in [0.4, 0.5) is 5.82 Å². The first-order valence-electron chi connectivity index (χ1n) is 14.8. The zero-order valence-corrected chi connectivity index (χ0v) is 23.5. The monoisotopic (exact) mass is 538 g/mol. The van der Waals surface area contributed by atoms with Gasteiger partial charge < -0.3 is 14.5 Å². The standard InChI is InChI=1S/C16H22N4.C14H16N6/c1-2-9-20-10-17-13(11-5-3-4-6-11)14-16(20)19-15(18-14)12-7-8-12;1-2-7-20-10-19-13(12-14(20)18-9-17-12)16-8-11-3-5-15-6-4-11/h10-12H,2-9H2,1H3;3-6,9-10,16H,2,7-8H2,1H3. The maximum Gasteiger partial charge on any atom is 0.165 e. The summed E-state index contributed by atoms with van der Waals surface area (Å²) >= 11 is 0. The van der Waals surface area contributed by atoms with Crippen LogP contribution in [0.1, 0.15) is 94.1 Å². The third-order valence-electron chi connectivity index (χ3n) is 7.73. The van der Waals surface area contributed by atoms with Gasteiger partial charge in [0, 0.05) is 43.9 Å². The van der Waals surface area contributed by atoms with E-state index in [-0.39, 0.29) is 0 Å². The van der Waals surface area contributed by atoms with Gasteiger partial charge >= 0.3 is 0 Å². The Morgan fingerprint density at radius 1 is 0.775 bits per heavy atom. The van der Waals surface area contributed by atoms with E-state index in [0.29, 0.717) is 18.4 Å². The van der Waals surface area contributed by atoms with Gasteiger partial charge in [0.05, 0.1) is 18.3 Å². The minimum absolute atomic E-state index is 0.609. The molecule has 0 unspecified atom stereocenters. The second kappa shape index (κ2) is 12.1. The molecule has 7 rings (SSSR count). The molecule has 0 spiro atoms. The number of imidazole rings is 2. The molecule has 0 aromatic carbocycles. The van der Waals surface area contributed by atoms with Crippen LogP contribution in [0.3, 0.4) is 0 Å². The van der Waals surface area contributed by atoms with Crippen LogP contribution >= 0.6 is 0 Å². The predicted octanol–water partition coefficient (Wildman–Crippen LogP) is 5.92. The first kappa shape index (κ1) is 26.3. The van der Waals surface area contributed by atoms with Gasteiger partial charge in [-0.05, 0) is 56.2 Å². The topological polar surface area (TPSA) is 112 Å². The zero-order chi connectivity index (χ0) is 27.3. The zero-order valence-electron chi connectivity index (χ0n) is 23.5. The van der Waals surface area contributed by atoms with E-state index in [2.05, 4.69) is 43.7 Å². The number of pyridine rings is 1. The van der Waals surface area contributed by atoms with Crippen LogP contribution in [-0.4, -0.2) is 44.0 Å². The van der Waals surface area contributed by atoms with Crippen molar-refractivity contribution in [3.63, 3.8) is 0 Å². The number of rotatable bonds is 9. The molecule has 0 radical (unpaired) electrons. The van der Waals surface area contributed by atoms with Gasteiger partial charge in [0.2, 0.25) is 0 Å². The number of aromatic nitrogens is 9. The van der Waals surface area contributed by atoms with E-state index in [9.17, 15) is 0 Å². The molecule has 2 saturated carbocycles. The molecule has 0 bridgehead atoms. The van der Waals surface area contributed by atoms with Gasteiger partial charge in [-0.2, -0.15) is 0 Å². The second-order valence-electron chi connectivity index (χ2n) is 10.9. The van der Waals surface area contributed by atoms with Crippen molar-refractivity contribution in [2.45, 2.75) is 96.7 Å². The van der Waals surface area contributed by atoms with Gasteiger partial charge in [-0.15, -0.1) is 0 Å². The van der Waals surface area contributed by atoms with Crippen molar-refractivity contribution in [1.29, 1.82) is 0 Å². The summed E-state index contributed by atoms with van der Waals surface area (Å²) in [6, 6.07) is 3.95. The Kier molecular flexibility index (Phi) is 7.92. The lowest BCUT2D eigenvalue weighted by Crippen LogP contribution is -2.10. The van der Waals surface area contributed by atoms with E-state index in [1.807, 2.05) is 29.4 Å². The van der Waals surface area contributed by atoms with Crippen molar-refractivity contribution in [2.24, 2.45) is 0 Å². The van der Waals surface area contributed by atoms with Gasteiger partial charge in [0.1, 0.15) is 17.8 Å². The van der Waals surface area contributed by atoms with Crippen LogP contribution in [0.2, 0.25) is 0 Å². The SMILES string of the molecule is CCCn1cnc(C2CCCC2)c2nc(C3CC3)nc1-2.CCCn1cnc(NCc2ccncc2)c2ncnc1-2. The van der Waals surface area contributed by atoms with Crippen molar-refractivity contribution < 1.29 is 0 Å². The maximum atomic E-state index is 4.87. The number of fused-ring (bicyclic) bond motifs is 2. The van der Waals surface area contributed by atoms with Crippen molar-refractivity contribution >= 4 is 5.82 Å². The molecule has 1 aromatic rings. The Bertz CT molecular complexity index is 1450. The summed E-state index contributed by atoms with van der Waals surface area (Å²) in [5.41, 5.74) is 4.27. The third-order valence-corrected chi connectivity index (χ3v) is 7.73. The van der Waals surface area contributed by atoms with Gasteiger partial charge in [-0.25, -0.2) is 29.9 Å². The van der Waals surface area contributed by atoms with Gasteiger partial charge in [-0.3, -0.25) is 4.98 Å². The van der Waals surface area contributed by atoms with E-state index in [1.54, 1.807) is 18.7 Å². The molecule has 40 heavy (non-hydrogen) atoms. The van der Waals surface area contributed by atoms with Crippen molar-refractivity contribution in [2.75, 3.05) is 5.32 Å². The van der Waals surface area contributed by atoms with Crippen LogP contribution in [0.5, 0.6) is 0 Å². The molecule has 4 aliphatic heterocycles. The number of nitrogens with zero attached hydrogens (tertiary/aromatic N) is 9. The Morgan fingerprint density at radius 2 is 1.50 bits per heavy atom. The molecule has 208 valence electrons. The van der Waals surface area contributed by atoms with Crippen LogP contribution in [0, 0.1) is 0 Å². The van der Waals surface area contributed by atoms with Crippen molar-refractivity contribution in [1.82, 2.24) is 44.0 Å². The first-order valence-corrected chi connectivity index (χ1v) is 14.8. The molecule has 6 aliphatic rings. The Labute approximate surface area is 235 Å². The molecule has 0 atom stereocenters. The van der Waals surface area contributed by atoms with E-state index in [0.717, 1.165) is 66.2 Å². The summed E-state index contributed by atoms with van der Waals surface area (Å²) in [6.45, 7) is 6.89. The lowest BCUT2D eigenvalue weighted by atomic mass is 10.0. The fourth-order valence-electron chi connectivity index (χ4n) is 5.50. The lowest BCUT2D eigenvalue weighted by molar-refractivity contribution is 0.632. The predicted molar refractivity (Wildman–Crippen MR) is 154 cm³/mol. The number of hydrogen-bond donors (Lipinski definition) is 1. The van der Waals surface area contributed by atoms with Crippen molar-refractivity contribution in [3.8, 4) is 23.0 Å². The highest BCUT2D eigenvalue weighted by atomic mass is 15.2. The van der Waals surface area contributed by atoms with E-state index in [4.69, 9.17) is 15.0 Å². The van der Waals surface area contributed by atoms with E-state index >= 15 is 0 Å². The molecule has 0 amide bonds.